The van der Waals surface area contributed by atoms with Crippen molar-refractivity contribution in [2.45, 2.75) is 193 Å². The Morgan fingerprint density at radius 3 is 1.46 bits per heavy atom. The van der Waals surface area contributed by atoms with Crippen LogP contribution >= 0.6 is 7.82 Å². The van der Waals surface area contributed by atoms with Crippen LogP contribution in [0.5, 0.6) is 0 Å². The first-order valence-corrected chi connectivity index (χ1v) is 23.2. The molecule has 0 aliphatic carbocycles. The second-order valence-electron chi connectivity index (χ2n) is 14.5. The van der Waals surface area contributed by atoms with Gasteiger partial charge >= 0.3 is 25.7 Å². The maximum atomic E-state index is 12.6. The monoisotopic (exact) mass is 835 g/mol. The Bertz CT molecular complexity index is 1150. The van der Waals surface area contributed by atoms with E-state index in [1.165, 1.54) is 89.9 Å². The van der Waals surface area contributed by atoms with Crippen LogP contribution in [0.4, 0.5) is 0 Å². The summed E-state index contributed by atoms with van der Waals surface area (Å²) in [6.07, 6.45) is 43.2. The predicted molar refractivity (Wildman–Crippen MR) is 232 cm³/mol. The van der Waals surface area contributed by atoms with E-state index in [-0.39, 0.29) is 49.0 Å². The van der Waals surface area contributed by atoms with Crippen LogP contribution in [0.1, 0.15) is 181 Å². The topological polar surface area (TPSA) is 172 Å². The summed E-state index contributed by atoms with van der Waals surface area (Å²) in [7, 11) is -4.73. The van der Waals surface area contributed by atoms with Crippen molar-refractivity contribution in [2.75, 3.05) is 19.8 Å². The number of rotatable bonds is 40. The summed E-state index contributed by atoms with van der Waals surface area (Å²) in [6.45, 7) is 2.72. The Balaban J connectivity index is 0. The Kier molecular flexibility index (Phi) is 43.0. The summed E-state index contributed by atoms with van der Waals surface area (Å²) in [4.78, 5) is 45.9. The summed E-state index contributed by atoms with van der Waals surface area (Å²) in [6, 6.07) is -1.53. The van der Waals surface area contributed by atoms with Gasteiger partial charge in [-0.25, -0.2) is 4.57 Å². The van der Waals surface area contributed by atoms with Crippen molar-refractivity contribution in [2.24, 2.45) is 5.73 Å². The van der Waals surface area contributed by atoms with E-state index in [1.54, 1.807) is 0 Å². The predicted octanol–water partition coefficient (Wildman–Crippen LogP) is 11.0. The molecule has 0 aliphatic heterocycles. The maximum absolute atomic E-state index is 12.6. The number of carboxylic acids is 1. The molecule has 0 saturated carbocycles. The third-order valence-corrected chi connectivity index (χ3v) is 10.0. The molecule has 0 aromatic carbocycles. The number of unbranched alkanes of at least 4 members (excludes halogenated alkanes) is 18. The van der Waals surface area contributed by atoms with Crippen molar-refractivity contribution in [1.82, 2.24) is 0 Å². The average Bonchev–Trinajstić information content (AvgIpc) is 3.17. The number of hydrogen-bond donors (Lipinski definition) is 3. The zero-order valence-electron chi connectivity index (χ0n) is 36.0. The number of carboxylic acid groups (broad SMARTS) is 1. The molecule has 57 heavy (non-hydrogen) atoms. The molecule has 0 amide bonds. The van der Waals surface area contributed by atoms with Gasteiger partial charge in [0.2, 0.25) is 0 Å². The van der Waals surface area contributed by atoms with Crippen LogP contribution in [0.2, 0.25) is 0 Å². The molecule has 325 valence electrons. The zero-order valence-corrected chi connectivity index (χ0v) is 38.9. The Morgan fingerprint density at radius 1 is 0.561 bits per heavy atom. The summed E-state index contributed by atoms with van der Waals surface area (Å²) >= 11 is 0. The fourth-order valence-corrected chi connectivity index (χ4v) is 6.42. The first-order chi connectivity index (χ1) is 27.1. The third kappa shape index (κ3) is 42.4. The normalized spacial score (nSPS) is 14.0. The largest absolute Gasteiger partial charge is 0.480 e. The smallest absolute Gasteiger partial charge is 0.472 e. The molecule has 0 fully saturated rings. The third-order valence-electron chi connectivity index (χ3n) is 9.08. The van der Waals surface area contributed by atoms with E-state index in [1.807, 2.05) is 12.2 Å². The van der Waals surface area contributed by atoms with Crippen molar-refractivity contribution in [3.63, 3.8) is 0 Å². The molecule has 0 rings (SSSR count). The van der Waals surface area contributed by atoms with Crippen molar-refractivity contribution >= 4 is 55.3 Å². The van der Waals surface area contributed by atoms with Crippen molar-refractivity contribution < 1.29 is 47.5 Å². The minimum absolute atomic E-state index is 0. The molecule has 11 nitrogen and oxygen atoms in total. The number of carbonyl (C=O) groups is 3. The van der Waals surface area contributed by atoms with Gasteiger partial charge in [0.25, 0.3) is 0 Å². The number of allylic oxidation sites excluding steroid dienone is 8. The van der Waals surface area contributed by atoms with Gasteiger partial charge in [0.1, 0.15) is 12.6 Å². The number of hydrogen-bond acceptors (Lipinski definition) is 9. The van der Waals surface area contributed by atoms with Gasteiger partial charge in [0, 0.05) is 42.4 Å². The van der Waals surface area contributed by atoms with Crippen LogP contribution in [-0.4, -0.2) is 89.4 Å². The summed E-state index contributed by atoms with van der Waals surface area (Å²) in [5.41, 5.74) is 5.33. The molecular formula is C44H78NNaO10P. The number of ether oxygens (including phenoxy) is 2. The van der Waals surface area contributed by atoms with Gasteiger partial charge in [-0.1, -0.05) is 165 Å². The first kappa shape index (κ1) is 57.5. The average molecular weight is 835 g/mol. The van der Waals surface area contributed by atoms with E-state index in [4.69, 9.17) is 24.8 Å². The summed E-state index contributed by atoms with van der Waals surface area (Å²) in [5, 5.41) is 8.88. The number of esters is 2. The molecule has 1 unspecified atom stereocenters. The second-order valence-corrected chi connectivity index (χ2v) is 15.9. The van der Waals surface area contributed by atoms with Crippen LogP contribution in [0, 0.1) is 0 Å². The fourth-order valence-electron chi connectivity index (χ4n) is 5.65. The van der Waals surface area contributed by atoms with Crippen LogP contribution in [0.3, 0.4) is 0 Å². The number of phosphoric ester groups is 1. The van der Waals surface area contributed by atoms with Crippen molar-refractivity contribution in [1.29, 1.82) is 0 Å². The molecule has 0 heterocycles. The molecule has 0 saturated heterocycles. The van der Waals surface area contributed by atoms with E-state index >= 15 is 0 Å². The second kappa shape index (κ2) is 42.6. The molecule has 1 radical (unpaired) electrons. The maximum Gasteiger partial charge on any atom is 0.472 e. The van der Waals surface area contributed by atoms with E-state index < -0.39 is 51.1 Å². The molecular weight excluding hydrogens is 756 g/mol. The molecule has 0 aromatic heterocycles. The Morgan fingerprint density at radius 2 is 0.965 bits per heavy atom. The van der Waals surface area contributed by atoms with Gasteiger partial charge in [-0.3, -0.25) is 23.4 Å². The van der Waals surface area contributed by atoms with Gasteiger partial charge < -0.3 is 25.2 Å². The molecule has 0 aromatic rings. The SMILES string of the molecule is CCCCC/C=C\C/C=C\C/C=C\C/C=C\CCCC(=O)O[C@H](COC(=O)CCCCCCCCCCCCCCCCC)COP(=O)(O)OC[C@H](N)C(=O)O.[Na]. The summed E-state index contributed by atoms with van der Waals surface area (Å²) in [5.74, 6) is -2.45. The van der Waals surface area contributed by atoms with Gasteiger partial charge in [0.15, 0.2) is 6.10 Å². The minimum Gasteiger partial charge on any atom is -0.480 e. The van der Waals surface area contributed by atoms with E-state index in [2.05, 4.69) is 54.8 Å². The fraction of sp³-hybridized carbons (Fsp3) is 0.750. The first-order valence-electron chi connectivity index (χ1n) is 21.7. The minimum atomic E-state index is -4.73. The Labute approximate surface area is 368 Å². The van der Waals surface area contributed by atoms with Crippen molar-refractivity contribution in [3.05, 3.63) is 48.6 Å². The summed E-state index contributed by atoms with van der Waals surface area (Å²) < 4.78 is 32.6. The van der Waals surface area contributed by atoms with Gasteiger partial charge in [-0.15, -0.1) is 0 Å². The number of phosphoric acid groups is 1. The number of nitrogens with two attached hydrogens (primary N) is 1. The molecule has 13 heteroatoms. The molecule has 0 aliphatic rings. The van der Waals surface area contributed by atoms with Crippen LogP contribution in [-0.2, 0) is 37.5 Å². The van der Waals surface area contributed by atoms with Gasteiger partial charge in [-0.05, 0) is 51.4 Å². The Hall–Kier alpha value is -1.56. The van der Waals surface area contributed by atoms with Crippen LogP contribution < -0.4 is 5.73 Å². The number of carbonyl (C=O) groups excluding carboxylic acids is 2. The standard InChI is InChI=1S/C44H78NO10P.Na/c1-3-5-7-9-11-13-15-17-19-20-22-24-26-28-30-32-34-36-43(47)55-40(38-53-56(50,51)54-39-41(45)44(48)49)37-52-42(46)35-33-31-29-27-25-23-21-18-16-14-12-10-8-6-4-2;/h11,13,17,19,22,24,28,30,40-41H,3-10,12,14-16,18,20-21,23,25-27,29,31-39,45H2,1-2H3,(H,48,49)(H,50,51);/b13-11-,19-17-,24-22-,30-28-;/t40-,41+;/m1./s1. The van der Waals surface area contributed by atoms with E-state index in [9.17, 15) is 23.8 Å². The van der Waals surface area contributed by atoms with E-state index in [0.29, 0.717) is 19.3 Å². The van der Waals surface area contributed by atoms with Gasteiger partial charge in [0.05, 0.1) is 13.2 Å². The quantitative estimate of drug-likeness (QED) is 0.0176. The van der Waals surface area contributed by atoms with Crippen molar-refractivity contribution in [3.8, 4) is 0 Å². The zero-order chi connectivity index (χ0) is 41.4. The number of aliphatic carboxylic acids is 1. The molecule has 4 N–H and O–H groups in total. The van der Waals surface area contributed by atoms with E-state index in [0.717, 1.165) is 44.9 Å². The molecule has 0 bridgehead atoms. The van der Waals surface area contributed by atoms with Gasteiger partial charge in [-0.2, -0.15) is 0 Å². The molecule has 0 spiro atoms. The molecule has 3 atom stereocenters. The van der Waals surface area contributed by atoms with Crippen LogP contribution in [0.15, 0.2) is 48.6 Å². The van der Waals surface area contributed by atoms with Crippen LogP contribution in [0.25, 0.3) is 0 Å².